The molecule has 5 nitrogen and oxygen atoms in total. The van der Waals surface area contributed by atoms with Gasteiger partial charge in [0.1, 0.15) is 35.5 Å². The molecule has 4 rings (SSSR count). The fourth-order valence-corrected chi connectivity index (χ4v) is 4.01. The number of aryl methyl sites for hydroxylation is 1. The third-order valence-corrected chi connectivity index (χ3v) is 5.63. The van der Waals surface area contributed by atoms with Crippen LogP contribution in [-0.4, -0.2) is 9.97 Å². The van der Waals surface area contributed by atoms with Crippen molar-refractivity contribution < 1.29 is 4.74 Å². The van der Waals surface area contributed by atoms with Gasteiger partial charge in [0.2, 0.25) is 0 Å². The highest BCUT2D eigenvalue weighted by Gasteiger charge is 2.14. The molecule has 0 unspecified atom stereocenters. The van der Waals surface area contributed by atoms with Gasteiger partial charge in [-0.2, -0.15) is 5.26 Å². The summed E-state index contributed by atoms with van der Waals surface area (Å²) in [7, 11) is 0. The first-order chi connectivity index (χ1) is 14.6. The first-order valence-corrected chi connectivity index (χ1v) is 10.5. The number of hydrogen-bond acceptors (Lipinski definition) is 6. The van der Waals surface area contributed by atoms with Crippen molar-refractivity contribution in [1.29, 1.82) is 5.26 Å². The molecule has 30 heavy (non-hydrogen) atoms. The van der Waals surface area contributed by atoms with Crippen molar-refractivity contribution in [3.8, 4) is 11.8 Å². The van der Waals surface area contributed by atoms with Crippen molar-refractivity contribution >= 4 is 28.4 Å². The van der Waals surface area contributed by atoms with Gasteiger partial charge in [0.25, 0.3) is 0 Å². The lowest BCUT2D eigenvalue weighted by atomic mass is 10.1. The Morgan fingerprint density at radius 3 is 2.57 bits per heavy atom. The summed E-state index contributed by atoms with van der Waals surface area (Å²) in [4.78, 5) is 8.87. The normalized spacial score (nSPS) is 10.7. The van der Waals surface area contributed by atoms with Gasteiger partial charge in [0, 0.05) is 5.75 Å². The fourth-order valence-electron chi connectivity index (χ4n) is 3.14. The van der Waals surface area contributed by atoms with Crippen molar-refractivity contribution in [2.45, 2.75) is 24.4 Å². The number of nitrogens with zero attached hydrogens (tertiary/aromatic N) is 3. The maximum atomic E-state index is 9.48. The number of hydrogen-bond donors (Lipinski definition) is 1. The average Bonchev–Trinajstić information content (AvgIpc) is 2.77. The average molecular weight is 413 g/mol. The van der Waals surface area contributed by atoms with Gasteiger partial charge < -0.3 is 10.5 Å². The molecule has 4 aromatic rings. The van der Waals surface area contributed by atoms with Gasteiger partial charge in [-0.15, -0.1) is 0 Å². The van der Waals surface area contributed by atoms with Gasteiger partial charge in [0.15, 0.2) is 5.16 Å². The van der Waals surface area contributed by atoms with Gasteiger partial charge in [-0.25, -0.2) is 9.97 Å². The zero-order valence-electron chi connectivity index (χ0n) is 16.5. The molecule has 0 aliphatic heterocycles. The predicted octanol–water partition coefficient (Wildman–Crippen LogP) is 5.26. The summed E-state index contributed by atoms with van der Waals surface area (Å²) in [5, 5.41) is 12.4. The first kappa shape index (κ1) is 19.7. The second-order valence-electron chi connectivity index (χ2n) is 6.85. The highest BCUT2D eigenvalue weighted by atomic mass is 32.2. The number of nitrogen functional groups attached to an aromatic ring is 1. The summed E-state index contributed by atoms with van der Waals surface area (Å²) in [5.41, 5.74) is 9.14. The Labute approximate surface area is 179 Å². The number of thioether (sulfide) groups is 1. The first-order valence-electron chi connectivity index (χ1n) is 9.49. The molecular weight excluding hydrogens is 392 g/mol. The number of aromatic nitrogens is 2. The van der Waals surface area contributed by atoms with E-state index in [9.17, 15) is 5.26 Å². The van der Waals surface area contributed by atoms with E-state index in [0.29, 0.717) is 22.4 Å². The smallest absolute Gasteiger partial charge is 0.190 e. The van der Waals surface area contributed by atoms with E-state index in [0.717, 1.165) is 5.56 Å². The van der Waals surface area contributed by atoms with Crippen LogP contribution in [0.5, 0.6) is 5.75 Å². The van der Waals surface area contributed by atoms with Crippen LogP contribution in [-0.2, 0) is 12.4 Å². The van der Waals surface area contributed by atoms with E-state index in [1.54, 1.807) is 0 Å². The highest BCUT2D eigenvalue weighted by Crippen LogP contribution is 2.27. The minimum absolute atomic E-state index is 0.153. The summed E-state index contributed by atoms with van der Waals surface area (Å²) in [6.45, 7) is 2.17. The van der Waals surface area contributed by atoms with Crippen molar-refractivity contribution in [3.63, 3.8) is 0 Å². The van der Waals surface area contributed by atoms with Gasteiger partial charge >= 0.3 is 0 Å². The van der Waals surface area contributed by atoms with Crippen LogP contribution in [0.15, 0.2) is 71.9 Å². The quantitative estimate of drug-likeness (QED) is 0.343. The molecule has 0 bridgehead atoms. The Morgan fingerprint density at radius 2 is 1.77 bits per heavy atom. The predicted molar refractivity (Wildman–Crippen MR) is 120 cm³/mol. The molecule has 6 heteroatoms. The number of nitriles is 1. The molecule has 1 heterocycles. The molecule has 0 radical (unpaired) electrons. The number of fused-ring (bicyclic) bond motifs is 1. The van der Waals surface area contributed by atoms with Crippen LogP contribution >= 0.6 is 11.8 Å². The van der Waals surface area contributed by atoms with Crippen LogP contribution < -0.4 is 10.5 Å². The number of benzene rings is 3. The lowest BCUT2D eigenvalue weighted by molar-refractivity contribution is 0.299. The standard InChI is InChI=1S/C24H20N4OS/c1-16-9-11-19(12-10-16)29-14-22-21(13-25)23(26)28-24(27-22)30-15-18-7-4-6-17-5-2-3-8-20(17)18/h2-12H,14-15H2,1H3,(H2,26,27,28). The lowest BCUT2D eigenvalue weighted by Gasteiger charge is -2.11. The summed E-state index contributed by atoms with van der Waals surface area (Å²) in [6.07, 6.45) is 0. The number of nitrogens with two attached hydrogens (primary N) is 1. The molecule has 0 saturated carbocycles. The molecule has 0 saturated heterocycles. The van der Waals surface area contributed by atoms with Crippen molar-refractivity contribution in [2.75, 3.05) is 5.73 Å². The zero-order valence-corrected chi connectivity index (χ0v) is 17.3. The van der Waals surface area contributed by atoms with Crippen molar-refractivity contribution in [1.82, 2.24) is 9.97 Å². The molecule has 3 aromatic carbocycles. The monoisotopic (exact) mass is 412 g/mol. The Kier molecular flexibility index (Phi) is 5.82. The van der Waals surface area contributed by atoms with Crippen LogP contribution in [0.3, 0.4) is 0 Å². The van der Waals surface area contributed by atoms with E-state index in [1.807, 2.05) is 49.4 Å². The van der Waals surface area contributed by atoms with E-state index in [-0.39, 0.29) is 18.0 Å². The van der Waals surface area contributed by atoms with Crippen LogP contribution in [0.2, 0.25) is 0 Å². The minimum atomic E-state index is 0.153. The molecule has 0 amide bonds. The summed E-state index contributed by atoms with van der Waals surface area (Å²) in [5.74, 6) is 1.59. The molecule has 148 valence electrons. The second kappa shape index (κ2) is 8.85. The molecular formula is C24H20N4OS. The van der Waals surface area contributed by atoms with Gasteiger partial charge in [0.05, 0.1) is 0 Å². The molecule has 1 aromatic heterocycles. The highest BCUT2D eigenvalue weighted by molar-refractivity contribution is 7.98. The van der Waals surface area contributed by atoms with Gasteiger partial charge in [-0.05, 0) is 35.4 Å². The van der Waals surface area contributed by atoms with Crippen LogP contribution in [0.4, 0.5) is 5.82 Å². The topological polar surface area (TPSA) is 84.8 Å². The number of anilines is 1. The van der Waals surface area contributed by atoms with E-state index in [4.69, 9.17) is 10.5 Å². The molecule has 0 fully saturated rings. The largest absolute Gasteiger partial charge is 0.487 e. The third kappa shape index (κ3) is 4.37. The minimum Gasteiger partial charge on any atom is -0.487 e. The molecule has 0 aliphatic rings. The van der Waals surface area contributed by atoms with E-state index in [2.05, 4.69) is 40.3 Å². The van der Waals surface area contributed by atoms with E-state index >= 15 is 0 Å². The summed E-state index contributed by atoms with van der Waals surface area (Å²) < 4.78 is 5.81. The van der Waals surface area contributed by atoms with Gasteiger partial charge in [-0.1, -0.05) is 71.9 Å². The zero-order chi connectivity index (χ0) is 20.9. The Balaban J connectivity index is 1.55. The number of rotatable bonds is 6. The van der Waals surface area contributed by atoms with Crippen LogP contribution in [0.1, 0.15) is 22.4 Å². The van der Waals surface area contributed by atoms with Crippen molar-refractivity contribution in [3.05, 3.63) is 89.1 Å². The molecule has 0 spiro atoms. The molecule has 0 aliphatic carbocycles. The maximum Gasteiger partial charge on any atom is 0.190 e. The van der Waals surface area contributed by atoms with Crippen LogP contribution in [0, 0.1) is 18.3 Å². The molecule has 2 N–H and O–H groups in total. The summed E-state index contributed by atoms with van der Waals surface area (Å²) in [6, 6.07) is 24.3. The molecule has 0 atom stereocenters. The lowest BCUT2D eigenvalue weighted by Crippen LogP contribution is -2.08. The fraction of sp³-hybridized carbons (Fsp3) is 0.125. The van der Waals surface area contributed by atoms with E-state index in [1.165, 1.54) is 28.1 Å². The van der Waals surface area contributed by atoms with E-state index < -0.39 is 0 Å². The van der Waals surface area contributed by atoms with Gasteiger partial charge in [-0.3, -0.25) is 0 Å². The Bertz CT molecular complexity index is 1230. The number of ether oxygens (including phenoxy) is 1. The summed E-state index contributed by atoms with van der Waals surface area (Å²) >= 11 is 1.49. The third-order valence-electron chi connectivity index (χ3n) is 4.74. The second-order valence-corrected chi connectivity index (χ2v) is 7.80. The SMILES string of the molecule is Cc1ccc(OCc2nc(SCc3cccc4ccccc34)nc(N)c2C#N)cc1. The van der Waals surface area contributed by atoms with Crippen molar-refractivity contribution in [2.24, 2.45) is 0 Å². The van der Waals surface area contributed by atoms with Crippen LogP contribution in [0.25, 0.3) is 10.8 Å². The Morgan fingerprint density at radius 1 is 1.00 bits per heavy atom. The Hall–Kier alpha value is -3.56. The maximum absolute atomic E-state index is 9.48.